The smallest absolute Gasteiger partial charge is 0.254 e. The molecule has 0 spiro atoms. The van der Waals surface area contributed by atoms with Crippen molar-refractivity contribution in [3.8, 4) is 5.82 Å². The van der Waals surface area contributed by atoms with Crippen molar-refractivity contribution in [1.29, 1.82) is 0 Å². The van der Waals surface area contributed by atoms with Crippen LogP contribution in [0.3, 0.4) is 0 Å². The molecule has 0 unspecified atom stereocenters. The lowest BCUT2D eigenvalue weighted by Crippen LogP contribution is -2.49. The summed E-state index contributed by atoms with van der Waals surface area (Å²) in [6, 6.07) is 9.70. The van der Waals surface area contributed by atoms with Crippen LogP contribution in [0, 0.1) is 17.4 Å². The molecule has 0 aliphatic carbocycles. The lowest BCUT2D eigenvalue weighted by Gasteiger charge is -2.35. The molecule has 7 nitrogen and oxygen atoms in total. The molecule has 0 N–H and O–H groups in total. The van der Waals surface area contributed by atoms with Crippen LogP contribution < -0.4 is 4.90 Å². The third-order valence-electron chi connectivity index (χ3n) is 5.10. The van der Waals surface area contributed by atoms with Gasteiger partial charge in [0.25, 0.3) is 5.91 Å². The van der Waals surface area contributed by atoms with E-state index in [2.05, 4.69) is 42.4 Å². The summed E-state index contributed by atoms with van der Waals surface area (Å²) in [6.45, 7) is 6.85. The number of anilines is 1. The second-order valence-electron chi connectivity index (χ2n) is 6.81. The highest BCUT2D eigenvalue weighted by Crippen LogP contribution is 2.19. The van der Waals surface area contributed by atoms with Crippen molar-refractivity contribution in [2.75, 3.05) is 31.1 Å². The number of hydrogen-bond donors (Lipinski definition) is 0. The van der Waals surface area contributed by atoms with E-state index < -0.39 is 0 Å². The highest BCUT2D eigenvalue weighted by atomic mass is 127. The van der Waals surface area contributed by atoms with Crippen molar-refractivity contribution < 1.29 is 4.79 Å². The van der Waals surface area contributed by atoms with Gasteiger partial charge in [0.1, 0.15) is 24.3 Å². The van der Waals surface area contributed by atoms with E-state index >= 15 is 0 Å². The first-order valence-electron chi connectivity index (χ1n) is 9.15. The van der Waals surface area contributed by atoms with E-state index in [4.69, 9.17) is 0 Å². The summed E-state index contributed by atoms with van der Waals surface area (Å²) in [5.74, 6) is 1.77. The van der Waals surface area contributed by atoms with Gasteiger partial charge in [0.05, 0.1) is 5.69 Å². The molecule has 144 valence electrons. The van der Waals surface area contributed by atoms with Crippen LogP contribution in [0.5, 0.6) is 0 Å². The summed E-state index contributed by atoms with van der Waals surface area (Å²) in [6.07, 6.45) is 3.37. The lowest BCUT2D eigenvalue weighted by atomic mass is 10.2. The minimum atomic E-state index is 0.0889. The Morgan fingerprint density at radius 3 is 2.43 bits per heavy atom. The van der Waals surface area contributed by atoms with Gasteiger partial charge < -0.3 is 9.80 Å². The van der Waals surface area contributed by atoms with Gasteiger partial charge >= 0.3 is 0 Å². The summed E-state index contributed by atoms with van der Waals surface area (Å²) in [7, 11) is 0. The van der Waals surface area contributed by atoms with Gasteiger partial charge in [-0.25, -0.2) is 15.0 Å². The molecule has 0 atom stereocenters. The Morgan fingerprint density at radius 1 is 1.00 bits per heavy atom. The first-order chi connectivity index (χ1) is 13.5. The molecule has 1 saturated heterocycles. The number of aryl methyl sites for hydroxylation is 1. The molecule has 3 heterocycles. The largest absolute Gasteiger partial charge is 0.353 e. The average Bonchev–Trinajstić information content (AvgIpc) is 3.06. The van der Waals surface area contributed by atoms with Gasteiger partial charge in [-0.05, 0) is 54.6 Å². The number of benzene rings is 1. The van der Waals surface area contributed by atoms with Gasteiger partial charge in [0.15, 0.2) is 0 Å². The summed E-state index contributed by atoms with van der Waals surface area (Å²) in [5.41, 5.74) is 2.80. The average molecular weight is 488 g/mol. The maximum atomic E-state index is 12.7. The lowest BCUT2D eigenvalue weighted by molar-refractivity contribution is 0.0746. The van der Waals surface area contributed by atoms with E-state index in [9.17, 15) is 4.79 Å². The summed E-state index contributed by atoms with van der Waals surface area (Å²) >= 11 is 2.23. The number of imidazole rings is 1. The molecule has 1 aromatic carbocycles. The molecule has 3 aromatic rings. The summed E-state index contributed by atoms with van der Waals surface area (Å²) in [4.78, 5) is 30.0. The summed E-state index contributed by atoms with van der Waals surface area (Å²) in [5, 5.41) is 0. The predicted octanol–water partition coefficient (Wildman–Crippen LogP) is 2.85. The first kappa shape index (κ1) is 18.9. The predicted molar refractivity (Wildman–Crippen MR) is 116 cm³/mol. The minimum absolute atomic E-state index is 0.0889. The van der Waals surface area contributed by atoms with Crippen molar-refractivity contribution in [2.24, 2.45) is 0 Å². The van der Waals surface area contributed by atoms with E-state index in [-0.39, 0.29) is 5.91 Å². The first-order valence-corrected chi connectivity index (χ1v) is 10.2. The van der Waals surface area contributed by atoms with E-state index in [1.807, 2.05) is 53.6 Å². The Hall–Kier alpha value is -2.49. The second kappa shape index (κ2) is 7.86. The molecule has 0 saturated carbocycles. The standard InChI is InChI=1S/C20H21IN6O/c1-14-15(2)27(13-24-14)19-11-18(22-12-23-19)25-6-8-26(9-7-25)20(28)16-4-3-5-17(21)10-16/h3-5,10-13H,6-9H2,1-2H3. The minimum Gasteiger partial charge on any atom is -0.353 e. The Bertz CT molecular complexity index is 1010. The van der Waals surface area contributed by atoms with E-state index in [1.54, 1.807) is 12.7 Å². The van der Waals surface area contributed by atoms with Gasteiger partial charge in [0.2, 0.25) is 0 Å². The Balaban J connectivity index is 1.46. The molecule has 0 bridgehead atoms. The molecule has 1 fully saturated rings. The van der Waals surface area contributed by atoms with Crippen LogP contribution in [0.25, 0.3) is 5.82 Å². The number of nitrogens with zero attached hydrogens (tertiary/aromatic N) is 6. The molecule has 1 amide bonds. The van der Waals surface area contributed by atoms with E-state index in [0.29, 0.717) is 13.1 Å². The monoisotopic (exact) mass is 488 g/mol. The fraction of sp³-hybridized carbons (Fsp3) is 0.300. The third kappa shape index (κ3) is 3.73. The van der Waals surface area contributed by atoms with Crippen LogP contribution in [-0.4, -0.2) is 56.5 Å². The molecule has 1 aliphatic rings. The van der Waals surface area contributed by atoms with Crippen LogP contribution in [0.4, 0.5) is 5.82 Å². The number of halogens is 1. The number of amides is 1. The summed E-state index contributed by atoms with van der Waals surface area (Å²) < 4.78 is 3.04. The Labute approximate surface area is 177 Å². The number of rotatable bonds is 3. The van der Waals surface area contributed by atoms with Gasteiger partial charge in [-0.2, -0.15) is 0 Å². The van der Waals surface area contributed by atoms with Crippen molar-refractivity contribution in [3.63, 3.8) is 0 Å². The van der Waals surface area contributed by atoms with Crippen molar-refractivity contribution in [3.05, 3.63) is 63.5 Å². The fourth-order valence-corrected chi connectivity index (χ4v) is 3.86. The molecule has 2 aromatic heterocycles. The Kier molecular flexibility index (Phi) is 5.29. The fourth-order valence-electron chi connectivity index (χ4n) is 3.31. The van der Waals surface area contributed by atoms with Gasteiger partial charge in [-0.15, -0.1) is 0 Å². The number of aromatic nitrogens is 4. The maximum absolute atomic E-state index is 12.7. The van der Waals surface area contributed by atoms with Crippen molar-refractivity contribution in [1.82, 2.24) is 24.4 Å². The van der Waals surface area contributed by atoms with Crippen LogP contribution in [0.15, 0.2) is 43.0 Å². The molecule has 1 aliphatic heterocycles. The van der Waals surface area contributed by atoms with Crippen molar-refractivity contribution in [2.45, 2.75) is 13.8 Å². The van der Waals surface area contributed by atoms with Crippen LogP contribution in [0.2, 0.25) is 0 Å². The zero-order chi connectivity index (χ0) is 19.7. The Morgan fingerprint density at radius 2 is 1.75 bits per heavy atom. The second-order valence-corrected chi connectivity index (χ2v) is 8.06. The molecule has 4 rings (SSSR count). The number of carbonyl (C=O) groups excluding carboxylic acids is 1. The van der Waals surface area contributed by atoms with Crippen LogP contribution in [-0.2, 0) is 0 Å². The number of piperazine rings is 1. The van der Waals surface area contributed by atoms with Gasteiger partial charge in [-0.3, -0.25) is 9.36 Å². The third-order valence-corrected chi connectivity index (χ3v) is 5.77. The molecule has 8 heteroatoms. The normalized spacial score (nSPS) is 14.4. The number of hydrogen-bond acceptors (Lipinski definition) is 5. The molecule has 0 radical (unpaired) electrons. The van der Waals surface area contributed by atoms with E-state index in [1.165, 1.54) is 0 Å². The number of carbonyl (C=O) groups is 1. The maximum Gasteiger partial charge on any atom is 0.254 e. The zero-order valence-corrected chi connectivity index (χ0v) is 18.0. The molecule has 28 heavy (non-hydrogen) atoms. The molecular weight excluding hydrogens is 467 g/mol. The van der Waals surface area contributed by atoms with Gasteiger partial charge in [0, 0.05) is 47.1 Å². The highest BCUT2D eigenvalue weighted by molar-refractivity contribution is 14.1. The van der Waals surface area contributed by atoms with Crippen molar-refractivity contribution >= 4 is 34.3 Å². The van der Waals surface area contributed by atoms with Crippen LogP contribution in [0.1, 0.15) is 21.7 Å². The quantitative estimate of drug-likeness (QED) is 0.531. The SMILES string of the molecule is Cc1ncn(-c2cc(N3CCN(C(=O)c4cccc(I)c4)CC3)ncn2)c1C. The zero-order valence-electron chi connectivity index (χ0n) is 15.8. The molecular formula is C20H21IN6O. The van der Waals surface area contributed by atoms with Crippen LogP contribution >= 0.6 is 22.6 Å². The highest BCUT2D eigenvalue weighted by Gasteiger charge is 2.23. The van der Waals surface area contributed by atoms with E-state index in [0.717, 1.165) is 45.2 Å². The van der Waals surface area contributed by atoms with Gasteiger partial charge in [-0.1, -0.05) is 6.07 Å². The topological polar surface area (TPSA) is 67.2 Å².